The van der Waals surface area contributed by atoms with E-state index in [4.69, 9.17) is 4.74 Å². The molecule has 1 aromatic heterocycles. The Balaban J connectivity index is 1.14. The van der Waals surface area contributed by atoms with Gasteiger partial charge in [0.15, 0.2) is 0 Å². The molecule has 0 bridgehead atoms. The van der Waals surface area contributed by atoms with E-state index in [9.17, 15) is 20.1 Å². The van der Waals surface area contributed by atoms with Crippen molar-refractivity contribution in [3.8, 4) is 5.75 Å². The minimum Gasteiger partial charge on any atom is -0.494 e. The van der Waals surface area contributed by atoms with Gasteiger partial charge in [0, 0.05) is 17.6 Å². The van der Waals surface area contributed by atoms with Crippen molar-refractivity contribution in [3.63, 3.8) is 0 Å². The Kier molecular flexibility index (Phi) is 7.59. The third kappa shape index (κ3) is 4.75. The Morgan fingerprint density at radius 1 is 1.07 bits per heavy atom. The van der Waals surface area contributed by atoms with Gasteiger partial charge >= 0.3 is 5.97 Å². The van der Waals surface area contributed by atoms with Crippen molar-refractivity contribution < 1.29 is 24.9 Å². The smallest absolute Gasteiger partial charge is 0.373 e. The van der Waals surface area contributed by atoms with E-state index in [0.717, 1.165) is 37.5 Å². The number of aliphatic hydroxyl groups excluding tert-OH is 2. The van der Waals surface area contributed by atoms with Crippen LogP contribution >= 0.6 is 0 Å². The fraction of sp³-hybridized carbons (Fsp3) is 0.735. The van der Waals surface area contributed by atoms with Gasteiger partial charge in [0.1, 0.15) is 5.75 Å². The Hall–Kier alpha value is -2.25. The lowest BCUT2D eigenvalue weighted by Crippen LogP contribution is -2.62. The molecule has 2 aromatic rings. The van der Waals surface area contributed by atoms with E-state index in [0.29, 0.717) is 59.3 Å². The minimum atomic E-state index is -1.14. The van der Waals surface area contributed by atoms with Crippen molar-refractivity contribution in [2.45, 2.75) is 97.7 Å². The van der Waals surface area contributed by atoms with Gasteiger partial charge in [-0.25, -0.2) is 14.8 Å². The zero-order valence-corrected chi connectivity index (χ0v) is 25.1. The summed E-state index contributed by atoms with van der Waals surface area (Å²) in [5.74, 6) is 2.71. The second-order valence-electron chi connectivity index (χ2n) is 14.5. The van der Waals surface area contributed by atoms with Crippen molar-refractivity contribution >= 4 is 16.9 Å². The van der Waals surface area contributed by atoms with Gasteiger partial charge in [-0.2, -0.15) is 0 Å². The van der Waals surface area contributed by atoms with Crippen LogP contribution in [0, 0.1) is 52.3 Å². The lowest BCUT2D eigenvalue weighted by atomic mass is 9.41. The molecular weight excluding hydrogens is 516 g/mol. The zero-order valence-electron chi connectivity index (χ0n) is 25.1. The number of ether oxygens (including phenoxy) is 1. The molecule has 0 radical (unpaired) electrons. The second-order valence-corrected chi connectivity index (χ2v) is 14.5. The molecule has 0 unspecified atom stereocenters. The Labute approximate surface area is 244 Å². The molecule has 6 rings (SSSR count). The van der Waals surface area contributed by atoms with E-state index in [2.05, 4.69) is 37.7 Å². The fourth-order valence-electron chi connectivity index (χ4n) is 10.7. The summed E-state index contributed by atoms with van der Waals surface area (Å²) in [4.78, 5) is 19.3. The predicted octanol–water partition coefficient (Wildman–Crippen LogP) is 6.36. The Bertz CT molecular complexity index is 1280. The number of carbonyl (C=O) groups is 1. The molecule has 1 aromatic carbocycles. The highest BCUT2D eigenvalue weighted by Crippen LogP contribution is 2.69. The molecule has 7 nitrogen and oxygen atoms in total. The average molecular weight is 565 g/mol. The van der Waals surface area contributed by atoms with Gasteiger partial charge in [-0.3, -0.25) is 0 Å². The highest BCUT2D eigenvalue weighted by atomic mass is 16.5. The minimum absolute atomic E-state index is 0.205. The fourth-order valence-corrected chi connectivity index (χ4v) is 10.7. The third-order valence-electron chi connectivity index (χ3n) is 12.7. The van der Waals surface area contributed by atoms with Crippen molar-refractivity contribution in [2.24, 2.45) is 52.3 Å². The molecular formula is C34H48N2O5. The second kappa shape index (κ2) is 10.8. The van der Waals surface area contributed by atoms with Crippen LogP contribution in [-0.2, 0) is 0 Å². The first kappa shape index (κ1) is 28.9. The summed E-state index contributed by atoms with van der Waals surface area (Å²) < 4.78 is 6.16. The quantitative estimate of drug-likeness (QED) is 0.359. The van der Waals surface area contributed by atoms with Gasteiger partial charge in [-0.05, 0) is 116 Å². The van der Waals surface area contributed by atoms with Crippen molar-refractivity contribution in [1.82, 2.24) is 9.97 Å². The van der Waals surface area contributed by atoms with E-state index >= 15 is 0 Å². The number of hydrogen-bond acceptors (Lipinski definition) is 6. The van der Waals surface area contributed by atoms with Gasteiger partial charge in [0.05, 0.1) is 24.3 Å². The number of aromatic nitrogens is 2. The van der Waals surface area contributed by atoms with Crippen LogP contribution in [0.15, 0.2) is 24.4 Å². The summed E-state index contributed by atoms with van der Waals surface area (Å²) in [7, 11) is 0. The molecule has 4 saturated carbocycles. The number of nitrogens with zero attached hydrogens (tertiary/aromatic N) is 2. The van der Waals surface area contributed by atoms with Crippen LogP contribution in [0.25, 0.3) is 10.9 Å². The average Bonchev–Trinajstić information content (AvgIpc) is 3.31. The SMILES string of the molecule is CC[C@H]1[C@@H](O)[C@@H]2[C@H](CC[C@]3(C)[C@@H]([C@H](C)CCOc4ccc5cnc(C(=O)O)nc5c4)CC[C@@H]23)[C@@]2(C)CC[C@@H](O)C[C@@H]12. The van der Waals surface area contributed by atoms with Crippen LogP contribution in [0.1, 0.15) is 96.1 Å². The van der Waals surface area contributed by atoms with Gasteiger partial charge < -0.3 is 20.1 Å². The molecule has 11 atom stereocenters. The van der Waals surface area contributed by atoms with Gasteiger partial charge in [0.25, 0.3) is 0 Å². The summed E-state index contributed by atoms with van der Waals surface area (Å²) in [6, 6.07) is 5.57. The van der Waals surface area contributed by atoms with Crippen molar-refractivity contribution in [2.75, 3.05) is 6.61 Å². The largest absolute Gasteiger partial charge is 0.494 e. The molecule has 3 N–H and O–H groups in total. The van der Waals surface area contributed by atoms with Crippen LogP contribution in [0.2, 0.25) is 0 Å². The summed E-state index contributed by atoms with van der Waals surface area (Å²) in [5, 5.41) is 32.5. The van der Waals surface area contributed by atoms with E-state index in [-0.39, 0.29) is 28.9 Å². The van der Waals surface area contributed by atoms with Gasteiger partial charge in [-0.15, -0.1) is 0 Å². The van der Waals surface area contributed by atoms with Crippen LogP contribution in [0.5, 0.6) is 5.75 Å². The lowest BCUT2D eigenvalue weighted by Gasteiger charge is -2.64. The summed E-state index contributed by atoms with van der Waals surface area (Å²) >= 11 is 0. The number of fused-ring (bicyclic) bond motifs is 6. The molecule has 1 heterocycles. The standard InChI is InChI=1S/C34H48N2O5/c1-5-23-27-16-21(37)10-13-34(27,4)26-11-14-33(3)24(8-9-25(33)29(26)30(23)38)19(2)12-15-41-22-7-6-20-18-35-31(32(39)40)36-28(20)17-22/h6-7,17-19,21,23-27,29-30,37-38H,5,8-16H2,1-4H3,(H,39,40)/t19-,21-,23-,24-,25+,26+,27+,29+,30-,33-,34-/m1/s1. The number of carboxylic acids is 1. The molecule has 0 spiro atoms. The van der Waals surface area contributed by atoms with E-state index in [1.165, 1.54) is 31.9 Å². The summed E-state index contributed by atoms with van der Waals surface area (Å²) in [6.45, 7) is 10.3. The molecule has 0 saturated heterocycles. The molecule has 4 aliphatic carbocycles. The Morgan fingerprint density at radius 3 is 2.59 bits per heavy atom. The van der Waals surface area contributed by atoms with E-state index in [1.807, 2.05) is 12.1 Å². The zero-order chi connectivity index (χ0) is 29.1. The number of aromatic carboxylic acids is 1. The number of benzene rings is 1. The molecule has 7 heteroatoms. The van der Waals surface area contributed by atoms with Gasteiger partial charge in [0.2, 0.25) is 5.82 Å². The summed E-state index contributed by atoms with van der Waals surface area (Å²) in [5.41, 5.74) is 1.05. The molecule has 4 aliphatic rings. The number of aliphatic hydroxyl groups is 2. The van der Waals surface area contributed by atoms with E-state index in [1.54, 1.807) is 6.07 Å². The van der Waals surface area contributed by atoms with Crippen LogP contribution in [-0.4, -0.2) is 50.1 Å². The monoisotopic (exact) mass is 564 g/mol. The van der Waals surface area contributed by atoms with Crippen molar-refractivity contribution in [3.05, 3.63) is 30.2 Å². The normalized spacial score (nSPS) is 40.8. The maximum Gasteiger partial charge on any atom is 0.373 e. The molecule has 41 heavy (non-hydrogen) atoms. The molecule has 0 amide bonds. The van der Waals surface area contributed by atoms with E-state index < -0.39 is 5.97 Å². The Morgan fingerprint density at radius 2 is 1.83 bits per heavy atom. The highest BCUT2D eigenvalue weighted by molar-refractivity contribution is 5.87. The van der Waals surface area contributed by atoms with Crippen LogP contribution in [0.4, 0.5) is 0 Å². The number of hydrogen-bond donors (Lipinski definition) is 3. The number of carboxylic acid groups (broad SMARTS) is 1. The van der Waals surface area contributed by atoms with Crippen LogP contribution < -0.4 is 4.74 Å². The first-order chi connectivity index (χ1) is 19.6. The van der Waals surface area contributed by atoms with Gasteiger partial charge in [-0.1, -0.05) is 34.1 Å². The predicted molar refractivity (Wildman–Crippen MR) is 158 cm³/mol. The third-order valence-corrected chi connectivity index (χ3v) is 12.7. The number of rotatable bonds is 7. The van der Waals surface area contributed by atoms with Crippen molar-refractivity contribution in [1.29, 1.82) is 0 Å². The first-order valence-electron chi connectivity index (χ1n) is 16.1. The maximum atomic E-state index is 11.9. The lowest BCUT2D eigenvalue weighted by molar-refractivity contribution is -0.203. The maximum absolute atomic E-state index is 11.9. The summed E-state index contributed by atoms with van der Waals surface area (Å²) in [6.07, 6.45) is 10.8. The molecule has 0 aliphatic heterocycles. The highest BCUT2D eigenvalue weighted by Gasteiger charge is 2.64. The molecule has 224 valence electrons. The molecule has 4 fully saturated rings. The van der Waals surface area contributed by atoms with Crippen LogP contribution in [0.3, 0.4) is 0 Å². The first-order valence-corrected chi connectivity index (χ1v) is 16.1. The topological polar surface area (TPSA) is 113 Å².